The van der Waals surface area contributed by atoms with Gasteiger partial charge in [0.05, 0.1) is 16.8 Å². The van der Waals surface area contributed by atoms with Gasteiger partial charge >= 0.3 is 0 Å². The summed E-state index contributed by atoms with van der Waals surface area (Å²) in [5, 5.41) is 10.4. The fourth-order valence-corrected chi connectivity index (χ4v) is 2.01. The molecule has 0 atom stereocenters. The lowest BCUT2D eigenvalue weighted by Gasteiger charge is -2.02. The highest BCUT2D eigenvalue weighted by atomic mass is 16.5. The molecule has 96 valence electrons. The Morgan fingerprint density at radius 1 is 1.26 bits per heavy atom. The molecule has 0 amide bonds. The summed E-state index contributed by atoms with van der Waals surface area (Å²) >= 11 is 0. The second-order valence-corrected chi connectivity index (χ2v) is 4.39. The first kappa shape index (κ1) is 11.5. The number of rotatable bonds is 1. The van der Waals surface area contributed by atoms with Crippen LogP contribution in [0.2, 0.25) is 0 Å². The summed E-state index contributed by atoms with van der Waals surface area (Å²) in [5.74, 6) is 0.203. The van der Waals surface area contributed by atoms with Crippen molar-refractivity contribution in [1.82, 2.24) is 9.71 Å². The quantitative estimate of drug-likeness (QED) is 0.679. The van der Waals surface area contributed by atoms with Crippen LogP contribution in [0.1, 0.15) is 11.4 Å². The number of hydrogen-bond acceptors (Lipinski definition) is 4. The SMILES string of the molecule is Cc1nc(-c2coc3ccccc3c2=O)n(O)c1C. The van der Waals surface area contributed by atoms with Gasteiger partial charge in [-0.25, -0.2) is 4.98 Å². The van der Waals surface area contributed by atoms with Gasteiger partial charge in [-0.3, -0.25) is 4.79 Å². The van der Waals surface area contributed by atoms with E-state index in [-0.39, 0.29) is 16.8 Å². The Morgan fingerprint density at radius 3 is 2.68 bits per heavy atom. The largest absolute Gasteiger partial charge is 0.463 e. The first-order valence-electron chi connectivity index (χ1n) is 5.85. The van der Waals surface area contributed by atoms with E-state index in [0.717, 1.165) is 4.73 Å². The molecule has 3 aromatic rings. The Hall–Kier alpha value is -2.56. The van der Waals surface area contributed by atoms with E-state index in [0.29, 0.717) is 22.4 Å². The van der Waals surface area contributed by atoms with E-state index in [1.807, 2.05) is 0 Å². The van der Waals surface area contributed by atoms with E-state index in [2.05, 4.69) is 4.98 Å². The lowest BCUT2D eigenvalue weighted by Crippen LogP contribution is -2.08. The van der Waals surface area contributed by atoms with Crippen LogP contribution in [0.25, 0.3) is 22.4 Å². The maximum absolute atomic E-state index is 12.4. The molecule has 0 saturated heterocycles. The molecule has 3 rings (SSSR count). The Labute approximate surface area is 108 Å². The number of hydrogen-bond donors (Lipinski definition) is 1. The predicted octanol–water partition coefficient (Wildman–Crippen LogP) is 2.51. The summed E-state index contributed by atoms with van der Waals surface area (Å²) < 4.78 is 6.33. The van der Waals surface area contributed by atoms with Gasteiger partial charge in [0.2, 0.25) is 5.43 Å². The lowest BCUT2D eigenvalue weighted by atomic mass is 10.1. The third-order valence-electron chi connectivity index (χ3n) is 3.24. The van der Waals surface area contributed by atoms with Gasteiger partial charge in [0.25, 0.3) is 0 Å². The van der Waals surface area contributed by atoms with Gasteiger partial charge in [0.15, 0.2) is 5.82 Å². The molecule has 0 spiro atoms. The first-order valence-corrected chi connectivity index (χ1v) is 5.85. The predicted molar refractivity (Wildman–Crippen MR) is 70.4 cm³/mol. The average molecular weight is 256 g/mol. The second kappa shape index (κ2) is 3.98. The number of nitrogens with zero attached hydrogens (tertiary/aromatic N) is 2. The average Bonchev–Trinajstić information content (AvgIpc) is 2.67. The van der Waals surface area contributed by atoms with Crippen LogP contribution in [0.15, 0.2) is 39.7 Å². The normalized spacial score (nSPS) is 11.1. The molecule has 0 fully saturated rings. The molecule has 0 aliphatic heterocycles. The fraction of sp³-hybridized carbons (Fsp3) is 0.143. The van der Waals surface area contributed by atoms with Gasteiger partial charge in [0.1, 0.15) is 17.4 Å². The molecule has 0 saturated carbocycles. The van der Waals surface area contributed by atoms with Gasteiger partial charge in [-0.15, -0.1) is 0 Å². The molecule has 5 nitrogen and oxygen atoms in total. The summed E-state index contributed by atoms with van der Waals surface area (Å²) in [5.41, 5.74) is 1.83. The molecule has 1 aromatic carbocycles. The van der Waals surface area contributed by atoms with Gasteiger partial charge in [-0.2, -0.15) is 4.73 Å². The Morgan fingerprint density at radius 2 is 2.00 bits per heavy atom. The minimum Gasteiger partial charge on any atom is -0.463 e. The van der Waals surface area contributed by atoms with Crippen LogP contribution >= 0.6 is 0 Å². The van der Waals surface area contributed by atoms with Crippen molar-refractivity contribution in [2.45, 2.75) is 13.8 Å². The number of fused-ring (bicyclic) bond motifs is 1. The number of para-hydroxylation sites is 1. The van der Waals surface area contributed by atoms with Crippen LogP contribution in [0.4, 0.5) is 0 Å². The highest BCUT2D eigenvalue weighted by Crippen LogP contribution is 2.20. The van der Waals surface area contributed by atoms with Crippen molar-refractivity contribution < 1.29 is 9.62 Å². The molecule has 0 unspecified atom stereocenters. The molecule has 2 heterocycles. The summed E-state index contributed by atoms with van der Waals surface area (Å²) in [6.45, 7) is 3.50. The van der Waals surface area contributed by atoms with Crippen LogP contribution in [0, 0.1) is 13.8 Å². The zero-order valence-electron chi connectivity index (χ0n) is 10.5. The molecule has 2 aromatic heterocycles. The smallest absolute Gasteiger partial charge is 0.203 e. The molecular formula is C14H12N2O3. The summed E-state index contributed by atoms with van der Waals surface area (Å²) in [6.07, 6.45) is 1.33. The van der Waals surface area contributed by atoms with E-state index in [4.69, 9.17) is 4.42 Å². The molecular weight excluding hydrogens is 244 g/mol. The molecule has 5 heteroatoms. The van der Waals surface area contributed by atoms with Crippen molar-refractivity contribution in [2.75, 3.05) is 0 Å². The highest BCUT2D eigenvalue weighted by molar-refractivity contribution is 5.80. The first-order chi connectivity index (χ1) is 9.09. The minimum atomic E-state index is -0.206. The lowest BCUT2D eigenvalue weighted by molar-refractivity contribution is 0.184. The Kier molecular flexibility index (Phi) is 2.41. The van der Waals surface area contributed by atoms with E-state index >= 15 is 0 Å². The summed E-state index contributed by atoms with van der Waals surface area (Å²) in [7, 11) is 0. The molecule has 19 heavy (non-hydrogen) atoms. The van der Waals surface area contributed by atoms with E-state index < -0.39 is 0 Å². The third-order valence-corrected chi connectivity index (χ3v) is 3.24. The zero-order valence-corrected chi connectivity index (χ0v) is 10.5. The van der Waals surface area contributed by atoms with Gasteiger partial charge < -0.3 is 9.62 Å². The van der Waals surface area contributed by atoms with E-state index in [9.17, 15) is 10.0 Å². The van der Waals surface area contributed by atoms with Gasteiger partial charge in [-0.05, 0) is 26.0 Å². The topological polar surface area (TPSA) is 68.3 Å². The van der Waals surface area contributed by atoms with Crippen molar-refractivity contribution >= 4 is 11.0 Å². The van der Waals surface area contributed by atoms with Crippen molar-refractivity contribution in [1.29, 1.82) is 0 Å². The maximum Gasteiger partial charge on any atom is 0.203 e. The highest BCUT2D eigenvalue weighted by Gasteiger charge is 2.17. The fourth-order valence-electron chi connectivity index (χ4n) is 2.01. The molecule has 0 radical (unpaired) electrons. The number of benzene rings is 1. The molecule has 0 aliphatic carbocycles. The Balaban J connectivity index is 2.35. The van der Waals surface area contributed by atoms with Crippen LogP contribution in [-0.4, -0.2) is 14.9 Å². The summed E-state index contributed by atoms with van der Waals surface area (Å²) in [4.78, 5) is 16.6. The number of imidazole rings is 1. The number of aryl methyl sites for hydroxylation is 1. The Bertz CT molecular complexity index is 830. The molecule has 0 aliphatic rings. The van der Waals surface area contributed by atoms with Crippen LogP contribution in [0.3, 0.4) is 0 Å². The van der Waals surface area contributed by atoms with Crippen molar-refractivity contribution in [3.05, 3.63) is 52.1 Å². The summed E-state index contributed by atoms with van der Waals surface area (Å²) in [6, 6.07) is 6.98. The second-order valence-electron chi connectivity index (χ2n) is 4.39. The van der Waals surface area contributed by atoms with Crippen molar-refractivity contribution in [3.63, 3.8) is 0 Å². The van der Waals surface area contributed by atoms with Crippen LogP contribution in [-0.2, 0) is 0 Å². The van der Waals surface area contributed by atoms with Crippen molar-refractivity contribution in [2.24, 2.45) is 0 Å². The standard InChI is InChI=1S/C14H12N2O3/c1-8-9(2)16(18)14(15-8)11-7-19-12-6-4-3-5-10(12)13(11)17/h3-7,18H,1-2H3. The van der Waals surface area contributed by atoms with Gasteiger partial charge in [-0.1, -0.05) is 12.1 Å². The minimum absolute atomic E-state index is 0.203. The van der Waals surface area contributed by atoms with E-state index in [1.54, 1.807) is 38.1 Å². The van der Waals surface area contributed by atoms with E-state index in [1.165, 1.54) is 6.26 Å². The number of aromatic nitrogens is 2. The van der Waals surface area contributed by atoms with Crippen LogP contribution < -0.4 is 5.43 Å². The van der Waals surface area contributed by atoms with Crippen LogP contribution in [0.5, 0.6) is 0 Å². The maximum atomic E-state index is 12.4. The molecule has 0 bridgehead atoms. The third kappa shape index (κ3) is 1.62. The molecule has 1 N–H and O–H groups in total. The van der Waals surface area contributed by atoms with Gasteiger partial charge in [0, 0.05) is 0 Å². The monoisotopic (exact) mass is 256 g/mol. The zero-order chi connectivity index (χ0) is 13.6. The van der Waals surface area contributed by atoms with Crippen molar-refractivity contribution in [3.8, 4) is 11.4 Å².